The highest BCUT2D eigenvalue weighted by molar-refractivity contribution is 6.22. The maximum absolute atomic E-state index is 13.6. The number of benzene rings is 1. The van der Waals surface area contributed by atoms with E-state index < -0.39 is 52.0 Å². The molecule has 194 valence electrons. The minimum Gasteiger partial charge on any atom is -0.508 e. The number of amides is 1. The SMILES string of the molecule is CC(C)NCc1ccoc1-c1ccc(O)c2c1CC1C[C@H]3CC(=O)C(C(N)=O)=C(O)[C@@]3(O)C(=O)C1=C2O. The van der Waals surface area contributed by atoms with Crippen LogP contribution in [0, 0.1) is 11.8 Å². The van der Waals surface area contributed by atoms with Crippen molar-refractivity contribution in [2.24, 2.45) is 17.6 Å². The van der Waals surface area contributed by atoms with Crippen LogP contribution in [-0.4, -0.2) is 49.5 Å². The molecule has 1 aromatic carbocycles. The molecule has 0 bridgehead atoms. The van der Waals surface area contributed by atoms with Crippen molar-refractivity contribution < 1.29 is 39.2 Å². The van der Waals surface area contributed by atoms with E-state index in [1.165, 1.54) is 6.07 Å². The van der Waals surface area contributed by atoms with Crippen LogP contribution < -0.4 is 11.1 Å². The van der Waals surface area contributed by atoms with Crippen molar-refractivity contribution >= 4 is 23.2 Å². The number of nitrogens with one attached hydrogen (secondary N) is 1. The number of aliphatic hydroxyl groups excluding tert-OH is 2. The fourth-order valence-corrected chi connectivity index (χ4v) is 5.86. The highest BCUT2D eigenvalue weighted by Gasteiger charge is 2.60. The zero-order valence-electron chi connectivity index (χ0n) is 20.4. The fourth-order valence-electron chi connectivity index (χ4n) is 5.86. The van der Waals surface area contributed by atoms with Crippen LogP contribution >= 0.6 is 0 Å². The number of nitrogens with two attached hydrogens (primary N) is 1. The zero-order chi connectivity index (χ0) is 26.8. The van der Waals surface area contributed by atoms with E-state index in [2.05, 4.69) is 5.32 Å². The van der Waals surface area contributed by atoms with E-state index in [9.17, 15) is 34.8 Å². The summed E-state index contributed by atoms with van der Waals surface area (Å²) < 4.78 is 5.79. The highest BCUT2D eigenvalue weighted by Crippen LogP contribution is 2.53. The van der Waals surface area contributed by atoms with Crippen molar-refractivity contribution in [3.05, 3.63) is 58.1 Å². The van der Waals surface area contributed by atoms with Crippen LogP contribution in [0.1, 0.15) is 43.4 Å². The van der Waals surface area contributed by atoms with Gasteiger partial charge in [0.05, 0.1) is 11.8 Å². The van der Waals surface area contributed by atoms with E-state index >= 15 is 0 Å². The number of primary amides is 1. The lowest BCUT2D eigenvalue weighted by atomic mass is 9.59. The Kier molecular flexibility index (Phi) is 5.76. The number of Topliss-reactive ketones (excluding diaryl/α,β-unsaturated/α-hetero) is 2. The smallest absolute Gasteiger partial charge is 0.255 e. The molecule has 37 heavy (non-hydrogen) atoms. The molecule has 3 aliphatic carbocycles. The van der Waals surface area contributed by atoms with Gasteiger partial charge in [-0.25, -0.2) is 0 Å². The third-order valence-corrected chi connectivity index (χ3v) is 7.64. The molecular weight excluding hydrogens is 480 g/mol. The van der Waals surface area contributed by atoms with Gasteiger partial charge in [-0.05, 0) is 42.5 Å². The number of fused-ring (bicyclic) bond motifs is 3. The molecule has 10 nitrogen and oxygen atoms in total. The fraction of sp³-hybridized carbons (Fsp3) is 0.370. The summed E-state index contributed by atoms with van der Waals surface area (Å²) in [7, 11) is 0. The van der Waals surface area contributed by atoms with Gasteiger partial charge >= 0.3 is 0 Å². The number of rotatable bonds is 5. The van der Waals surface area contributed by atoms with E-state index in [-0.39, 0.29) is 42.2 Å². The molecule has 1 fully saturated rings. The lowest BCUT2D eigenvalue weighted by Gasteiger charge is -2.46. The molecule has 1 amide bonds. The van der Waals surface area contributed by atoms with E-state index in [1.807, 2.05) is 19.9 Å². The molecule has 7 N–H and O–H groups in total. The van der Waals surface area contributed by atoms with Crippen LogP contribution in [0.2, 0.25) is 0 Å². The number of hydrogen-bond acceptors (Lipinski definition) is 9. The molecule has 0 saturated heterocycles. The second-order valence-corrected chi connectivity index (χ2v) is 10.2. The maximum atomic E-state index is 13.6. The summed E-state index contributed by atoms with van der Waals surface area (Å²) in [5.74, 6) is -6.00. The average Bonchev–Trinajstić information content (AvgIpc) is 3.28. The molecule has 1 heterocycles. The summed E-state index contributed by atoms with van der Waals surface area (Å²) in [4.78, 5) is 37.9. The molecule has 10 heteroatoms. The molecule has 2 aromatic rings. The molecule has 5 rings (SSSR count). The number of carbonyl (C=O) groups excluding carboxylic acids is 3. The quantitative estimate of drug-likeness (QED) is 0.330. The first-order valence-electron chi connectivity index (χ1n) is 12.1. The van der Waals surface area contributed by atoms with Crippen LogP contribution in [0.3, 0.4) is 0 Å². The summed E-state index contributed by atoms with van der Waals surface area (Å²) in [6.07, 6.45) is 1.46. The van der Waals surface area contributed by atoms with Gasteiger partial charge in [-0.3, -0.25) is 14.4 Å². The van der Waals surface area contributed by atoms with Crippen molar-refractivity contribution in [1.82, 2.24) is 5.32 Å². The van der Waals surface area contributed by atoms with Gasteiger partial charge in [-0.2, -0.15) is 0 Å². The normalized spacial score (nSPS) is 25.3. The van der Waals surface area contributed by atoms with Crippen LogP contribution in [0.15, 0.2) is 45.8 Å². The van der Waals surface area contributed by atoms with Crippen LogP contribution in [0.5, 0.6) is 5.75 Å². The van der Waals surface area contributed by atoms with Gasteiger partial charge in [0.1, 0.15) is 28.6 Å². The predicted molar refractivity (Wildman–Crippen MR) is 131 cm³/mol. The summed E-state index contributed by atoms with van der Waals surface area (Å²) in [5, 5.41) is 47.3. The number of aliphatic hydroxyl groups is 3. The third-order valence-electron chi connectivity index (χ3n) is 7.64. The average molecular weight is 509 g/mol. The molecule has 3 aliphatic rings. The first kappa shape index (κ1) is 24.8. The first-order valence-corrected chi connectivity index (χ1v) is 12.1. The Labute approximate surface area is 212 Å². The monoisotopic (exact) mass is 508 g/mol. The van der Waals surface area contributed by atoms with E-state index in [0.29, 0.717) is 23.4 Å². The second-order valence-electron chi connectivity index (χ2n) is 10.2. The van der Waals surface area contributed by atoms with Gasteiger partial charge in [0.2, 0.25) is 5.78 Å². The van der Waals surface area contributed by atoms with Crippen LogP contribution in [0.4, 0.5) is 0 Å². The molecular formula is C27H28N2O8. The number of furan rings is 1. The summed E-state index contributed by atoms with van der Waals surface area (Å²) in [6.45, 7) is 4.56. The lowest BCUT2D eigenvalue weighted by molar-refractivity contribution is -0.147. The van der Waals surface area contributed by atoms with Gasteiger partial charge in [0, 0.05) is 41.6 Å². The van der Waals surface area contributed by atoms with Crippen molar-refractivity contribution in [2.45, 2.75) is 51.3 Å². The Bertz CT molecular complexity index is 1420. The predicted octanol–water partition coefficient (Wildman–Crippen LogP) is 2.18. The topological polar surface area (TPSA) is 183 Å². The van der Waals surface area contributed by atoms with Crippen molar-refractivity contribution in [3.63, 3.8) is 0 Å². The van der Waals surface area contributed by atoms with Gasteiger partial charge in [-0.1, -0.05) is 13.8 Å². The largest absolute Gasteiger partial charge is 0.508 e. The van der Waals surface area contributed by atoms with E-state index in [4.69, 9.17) is 10.2 Å². The van der Waals surface area contributed by atoms with Crippen LogP contribution in [-0.2, 0) is 27.3 Å². The van der Waals surface area contributed by atoms with Crippen molar-refractivity contribution in [3.8, 4) is 17.1 Å². The summed E-state index contributed by atoms with van der Waals surface area (Å²) >= 11 is 0. The van der Waals surface area contributed by atoms with Gasteiger partial charge in [0.25, 0.3) is 5.91 Å². The Hall–Kier alpha value is -3.89. The molecule has 1 unspecified atom stereocenters. The molecule has 0 spiro atoms. The number of aromatic hydroxyl groups is 1. The van der Waals surface area contributed by atoms with Crippen LogP contribution in [0.25, 0.3) is 17.1 Å². The Morgan fingerprint density at radius 3 is 2.59 bits per heavy atom. The molecule has 0 aliphatic heterocycles. The third kappa shape index (κ3) is 3.59. The Morgan fingerprint density at radius 2 is 1.92 bits per heavy atom. The Balaban J connectivity index is 1.65. The molecule has 1 saturated carbocycles. The lowest BCUT2D eigenvalue weighted by Crippen LogP contribution is -2.58. The zero-order valence-corrected chi connectivity index (χ0v) is 20.4. The maximum Gasteiger partial charge on any atom is 0.255 e. The number of hydrogen-bond donors (Lipinski definition) is 6. The molecule has 0 radical (unpaired) electrons. The minimum absolute atomic E-state index is 0.0313. The van der Waals surface area contributed by atoms with Crippen molar-refractivity contribution in [1.29, 1.82) is 0 Å². The van der Waals surface area contributed by atoms with Gasteiger partial charge in [0.15, 0.2) is 11.4 Å². The summed E-state index contributed by atoms with van der Waals surface area (Å²) in [6, 6.07) is 5.14. The first-order chi connectivity index (χ1) is 17.5. The minimum atomic E-state index is -2.58. The standard InChI is InChI=1S/C27H28N2O8/c1-11(2)29-10-12-5-6-37-23(12)15-3-4-17(30)20-16(15)8-13-7-14-9-18(31)21(26(28)35)25(34)27(14,36)24(33)19(13)22(20)32/h3-6,11,13-14,29-30,32,34,36H,7-10H2,1-2H3,(H2,28,35)/t13?,14-,27-/m0/s1. The number of phenolic OH excluding ortho intramolecular Hbond substituents is 1. The van der Waals surface area contributed by atoms with E-state index in [0.717, 1.165) is 5.56 Å². The number of carbonyl (C=O) groups is 3. The van der Waals surface area contributed by atoms with Gasteiger partial charge < -0.3 is 35.9 Å². The summed E-state index contributed by atoms with van der Waals surface area (Å²) in [5.41, 5.74) is 3.75. The molecule has 3 atom stereocenters. The Morgan fingerprint density at radius 1 is 1.19 bits per heavy atom. The van der Waals surface area contributed by atoms with E-state index in [1.54, 1.807) is 12.3 Å². The van der Waals surface area contributed by atoms with Gasteiger partial charge in [-0.15, -0.1) is 0 Å². The molecule has 1 aromatic heterocycles. The van der Waals surface area contributed by atoms with Crippen molar-refractivity contribution in [2.75, 3.05) is 0 Å². The number of ketones is 2. The number of phenols is 1. The highest BCUT2D eigenvalue weighted by atomic mass is 16.3. The second kappa shape index (κ2) is 8.60.